The molecule has 5 heteroatoms. The number of hydrogen-bond acceptors (Lipinski definition) is 2. The Morgan fingerprint density at radius 3 is 1.43 bits per heavy atom. The van der Waals surface area contributed by atoms with E-state index in [4.69, 9.17) is 0 Å². The molecule has 4 fully saturated rings. The molecule has 4 heterocycles. The predicted octanol–water partition coefficient (Wildman–Crippen LogP) is 6.51. The van der Waals surface area contributed by atoms with Crippen molar-refractivity contribution in [1.29, 1.82) is 0 Å². The molecule has 4 aliphatic carbocycles. The van der Waals surface area contributed by atoms with E-state index in [0.717, 1.165) is 17.8 Å². The van der Waals surface area contributed by atoms with E-state index in [1.54, 1.807) is 26.3 Å². The molecule has 49 heavy (non-hydrogen) atoms. The lowest BCUT2D eigenvalue weighted by Gasteiger charge is -2.58. The fourth-order valence-corrected chi connectivity index (χ4v) is 19.1. The summed E-state index contributed by atoms with van der Waals surface area (Å²) < 4.78 is 0. The van der Waals surface area contributed by atoms with Gasteiger partial charge in [0.25, 0.3) is 6.71 Å². The molecule has 0 atom stereocenters. The Morgan fingerprint density at radius 2 is 0.959 bits per heavy atom. The normalized spacial score (nSPS) is 27.6. The summed E-state index contributed by atoms with van der Waals surface area (Å²) in [4.78, 5) is 5.53. The number of hydrogen-bond donors (Lipinski definition) is 0. The minimum atomic E-state index is -1.94. The second kappa shape index (κ2) is 8.91. The van der Waals surface area contributed by atoms with Crippen LogP contribution in [-0.4, -0.2) is 22.9 Å². The van der Waals surface area contributed by atoms with Gasteiger partial charge in [0, 0.05) is 34.1 Å². The molecule has 4 aliphatic heterocycles. The third-order valence-electron chi connectivity index (χ3n) is 14.7. The van der Waals surface area contributed by atoms with Crippen LogP contribution in [-0.2, 0) is 5.41 Å². The summed E-state index contributed by atoms with van der Waals surface area (Å²) in [5.74, 6) is 2.74. The molecule has 0 saturated heterocycles. The van der Waals surface area contributed by atoms with Crippen LogP contribution in [0.3, 0.4) is 0 Å². The van der Waals surface area contributed by atoms with Gasteiger partial charge in [-0.3, -0.25) is 0 Å². The maximum atomic E-state index is 2.76. The van der Waals surface area contributed by atoms with E-state index in [1.165, 1.54) is 89.0 Å². The minimum absolute atomic E-state index is 0.234. The highest BCUT2D eigenvalue weighted by molar-refractivity contribution is 7.07. The lowest BCUT2D eigenvalue weighted by molar-refractivity contribution is -0.00514. The SMILES string of the molecule is C[Si]1(C)c2ccccc2N2c3cc(C45CC6CC(CC(C6)C4)C5)cc4c3B(c3cccc1c32)c1cccc2c1N4c1ccccc1[Si]2(C)C. The smallest absolute Gasteiger partial charge is 0.252 e. The Bertz CT molecular complexity index is 2150. The van der Waals surface area contributed by atoms with Gasteiger partial charge in [-0.2, -0.15) is 0 Å². The first-order valence-corrected chi connectivity index (χ1v) is 25.0. The van der Waals surface area contributed by atoms with E-state index >= 15 is 0 Å². The number of benzene rings is 5. The van der Waals surface area contributed by atoms with Crippen molar-refractivity contribution in [3.63, 3.8) is 0 Å². The van der Waals surface area contributed by atoms with E-state index < -0.39 is 16.1 Å². The van der Waals surface area contributed by atoms with Crippen LogP contribution in [0.4, 0.5) is 34.1 Å². The van der Waals surface area contributed by atoms with Gasteiger partial charge in [-0.25, -0.2) is 0 Å². The maximum Gasteiger partial charge on any atom is 0.252 e. The second-order valence-corrected chi connectivity index (χ2v) is 26.7. The highest BCUT2D eigenvalue weighted by atomic mass is 28.3. The molecule has 0 spiro atoms. The Morgan fingerprint density at radius 1 is 0.531 bits per heavy atom. The third kappa shape index (κ3) is 3.27. The van der Waals surface area contributed by atoms with Gasteiger partial charge in [-0.05, 0) is 129 Å². The van der Waals surface area contributed by atoms with Gasteiger partial charge in [-0.1, -0.05) is 99.0 Å². The summed E-state index contributed by atoms with van der Waals surface area (Å²) in [6, 6.07) is 39.1. The van der Waals surface area contributed by atoms with Crippen molar-refractivity contribution in [3.05, 3.63) is 103 Å². The number of rotatable bonds is 1. The van der Waals surface area contributed by atoms with Crippen LogP contribution < -0.4 is 46.9 Å². The van der Waals surface area contributed by atoms with Gasteiger partial charge in [0.2, 0.25) is 0 Å². The first-order chi connectivity index (χ1) is 23.7. The van der Waals surface area contributed by atoms with Gasteiger partial charge in [-0.15, -0.1) is 0 Å². The van der Waals surface area contributed by atoms with Crippen molar-refractivity contribution in [3.8, 4) is 0 Å². The highest BCUT2D eigenvalue weighted by Crippen LogP contribution is 2.62. The fraction of sp³-hybridized carbons (Fsp3) is 0.318. The van der Waals surface area contributed by atoms with Crippen molar-refractivity contribution in [2.75, 3.05) is 9.80 Å². The number of para-hydroxylation sites is 4. The van der Waals surface area contributed by atoms with Crippen molar-refractivity contribution in [2.24, 2.45) is 17.8 Å². The van der Waals surface area contributed by atoms with Gasteiger partial charge in [0.1, 0.15) is 16.1 Å². The van der Waals surface area contributed by atoms with Crippen LogP contribution in [0.15, 0.2) is 97.1 Å². The molecule has 2 nitrogen and oxygen atoms in total. The molecule has 8 aliphatic rings. The van der Waals surface area contributed by atoms with Crippen LogP contribution >= 0.6 is 0 Å². The lowest BCUT2D eigenvalue weighted by Crippen LogP contribution is -2.70. The van der Waals surface area contributed by atoms with E-state index in [9.17, 15) is 0 Å². The predicted molar refractivity (Wildman–Crippen MR) is 214 cm³/mol. The number of nitrogens with zero attached hydrogens (tertiary/aromatic N) is 2. The maximum absolute atomic E-state index is 2.76. The van der Waals surface area contributed by atoms with Crippen molar-refractivity contribution in [1.82, 2.24) is 0 Å². The second-order valence-electron chi connectivity index (χ2n) is 18.0. The molecule has 0 amide bonds. The summed E-state index contributed by atoms with van der Waals surface area (Å²) in [7, 11) is -3.89. The topological polar surface area (TPSA) is 6.48 Å². The summed E-state index contributed by atoms with van der Waals surface area (Å²) in [6.07, 6.45) is 8.59. The molecule has 13 rings (SSSR count). The summed E-state index contributed by atoms with van der Waals surface area (Å²) in [6.45, 7) is 10.6. The Kier molecular flexibility index (Phi) is 5.09. The molecule has 5 aromatic carbocycles. The zero-order valence-corrected chi connectivity index (χ0v) is 31.2. The zero-order valence-electron chi connectivity index (χ0n) is 29.2. The Hall–Kier alpha value is -3.80. The van der Waals surface area contributed by atoms with E-state index in [1.807, 2.05) is 0 Å². The molecule has 0 radical (unpaired) electrons. The molecular weight excluding hydrogens is 623 g/mol. The number of anilines is 6. The molecule has 240 valence electrons. The van der Waals surface area contributed by atoms with Crippen molar-refractivity contribution >= 4 is 94.1 Å². The summed E-state index contributed by atoms with van der Waals surface area (Å²) >= 11 is 0. The molecule has 4 bridgehead atoms. The van der Waals surface area contributed by atoms with E-state index in [-0.39, 0.29) is 6.71 Å². The van der Waals surface area contributed by atoms with Crippen LogP contribution in [0, 0.1) is 17.8 Å². The van der Waals surface area contributed by atoms with Crippen LogP contribution in [0.5, 0.6) is 0 Å². The first kappa shape index (κ1) is 28.0. The lowest BCUT2D eigenvalue weighted by atomic mass is 9.33. The molecule has 0 aromatic heterocycles. The van der Waals surface area contributed by atoms with E-state index in [0.29, 0.717) is 5.41 Å². The molecule has 4 saturated carbocycles. The average molecular weight is 667 g/mol. The van der Waals surface area contributed by atoms with Crippen LogP contribution in [0.25, 0.3) is 0 Å². The quantitative estimate of drug-likeness (QED) is 0.185. The first-order valence-electron chi connectivity index (χ1n) is 19.0. The van der Waals surface area contributed by atoms with Gasteiger partial charge in [0.15, 0.2) is 0 Å². The van der Waals surface area contributed by atoms with Gasteiger partial charge in [0.05, 0.1) is 0 Å². The molecular formula is C44H43BN2Si2. The highest BCUT2D eigenvalue weighted by Gasteiger charge is 2.55. The van der Waals surface area contributed by atoms with Gasteiger partial charge < -0.3 is 9.80 Å². The van der Waals surface area contributed by atoms with E-state index in [2.05, 4.69) is 133 Å². The van der Waals surface area contributed by atoms with Gasteiger partial charge >= 0.3 is 0 Å². The molecule has 5 aromatic rings. The third-order valence-corrected chi connectivity index (χ3v) is 21.8. The Labute approximate surface area is 293 Å². The van der Waals surface area contributed by atoms with Crippen LogP contribution in [0.1, 0.15) is 44.1 Å². The summed E-state index contributed by atoms with van der Waals surface area (Å²) in [5.41, 5.74) is 15.3. The zero-order chi connectivity index (χ0) is 32.6. The minimum Gasteiger partial charge on any atom is -0.312 e. The van der Waals surface area contributed by atoms with Crippen LogP contribution in [0.2, 0.25) is 26.2 Å². The standard InChI is InChI=1S/C44H43BN2Si2/c1-48(2)37-15-7-5-13-33(37)46-35-22-30(44-24-27-19-28(25-44)21-29(20-27)26-44)23-36-41(35)45(31-11-9-17-39(48)42(31)46)32-12-10-18-40-43(32)47(36)34-14-6-8-16-38(34)49(40,3)4/h5-18,22-23,27-29H,19-21,24-26H2,1-4H3. The fourth-order valence-electron chi connectivity index (χ4n) is 13.1. The van der Waals surface area contributed by atoms with Crippen molar-refractivity contribution < 1.29 is 0 Å². The molecule has 0 unspecified atom stereocenters. The average Bonchev–Trinajstić information content (AvgIpc) is 3.09. The monoisotopic (exact) mass is 666 g/mol. The largest absolute Gasteiger partial charge is 0.312 e. The molecule has 0 N–H and O–H groups in total. The Balaban J connectivity index is 1.23. The number of fused-ring (bicyclic) bond motifs is 8. The van der Waals surface area contributed by atoms with Crippen molar-refractivity contribution in [2.45, 2.75) is 70.1 Å². The summed E-state index contributed by atoms with van der Waals surface area (Å²) in [5, 5.41) is 6.34.